The van der Waals surface area contributed by atoms with E-state index < -0.39 is 5.97 Å². The van der Waals surface area contributed by atoms with E-state index in [0.29, 0.717) is 16.5 Å². The molecule has 0 aliphatic rings. The molecule has 17 heavy (non-hydrogen) atoms. The van der Waals surface area contributed by atoms with Crippen LogP contribution in [-0.2, 0) is 7.05 Å². The minimum atomic E-state index is -1.00. The van der Waals surface area contributed by atoms with E-state index in [1.54, 1.807) is 30.1 Å². The largest absolute Gasteiger partial charge is 0.478 e. The standard InChI is InChI=1S/C11H10ClN3O2/c1-15-5-4-10(14-15)13-9-3-2-7(11(16)17)6-8(9)12/h2-6H,1H3,(H,13,14)(H,16,17). The molecule has 0 radical (unpaired) electrons. The molecule has 0 fully saturated rings. The summed E-state index contributed by atoms with van der Waals surface area (Å²) in [5, 5.41) is 16.3. The van der Waals surface area contributed by atoms with E-state index in [2.05, 4.69) is 10.4 Å². The van der Waals surface area contributed by atoms with Gasteiger partial charge in [0.15, 0.2) is 5.82 Å². The van der Waals surface area contributed by atoms with Gasteiger partial charge in [0.2, 0.25) is 0 Å². The lowest BCUT2D eigenvalue weighted by Gasteiger charge is -2.06. The Bertz CT molecular complexity index is 566. The summed E-state index contributed by atoms with van der Waals surface area (Å²) in [6, 6.07) is 6.29. The van der Waals surface area contributed by atoms with E-state index in [9.17, 15) is 4.79 Å². The summed E-state index contributed by atoms with van der Waals surface area (Å²) in [5.41, 5.74) is 0.775. The molecule has 0 spiro atoms. The fourth-order valence-corrected chi connectivity index (χ4v) is 1.60. The number of anilines is 2. The highest BCUT2D eigenvalue weighted by Gasteiger charge is 2.07. The van der Waals surface area contributed by atoms with Gasteiger partial charge in [-0.05, 0) is 18.2 Å². The molecule has 0 atom stereocenters. The molecule has 0 saturated heterocycles. The van der Waals surface area contributed by atoms with Crippen molar-refractivity contribution >= 4 is 29.1 Å². The first-order valence-electron chi connectivity index (χ1n) is 4.86. The zero-order valence-corrected chi connectivity index (χ0v) is 9.77. The van der Waals surface area contributed by atoms with Crippen molar-refractivity contribution in [3.63, 3.8) is 0 Å². The Morgan fingerprint density at radius 1 is 1.47 bits per heavy atom. The molecule has 0 aliphatic carbocycles. The first kappa shape index (κ1) is 11.5. The SMILES string of the molecule is Cn1ccc(Nc2ccc(C(=O)O)cc2Cl)n1. The van der Waals surface area contributed by atoms with Crippen LogP contribution >= 0.6 is 11.6 Å². The van der Waals surface area contributed by atoms with Crippen LogP contribution < -0.4 is 5.32 Å². The lowest BCUT2D eigenvalue weighted by atomic mass is 10.2. The third-order valence-electron chi connectivity index (χ3n) is 2.19. The molecule has 5 nitrogen and oxygen atoms in total. The van der Waals surface area contributed by atoms with Crippen LogP contribution in [0.2, 0.25) is 5.02 Å². The van der Waals surface area contributed by atoms with Gasteiger partial charge in [-0.15, -0.1) is 0 Å². The number of carboxylic acids is 1. The molecule has 2 rings (SSSR count). The van der Waals surface area contributed by atoms with Gasteiger partial charge in [0.25, 0.3) is 0 Å². The zero-order valence-electron chi connectivity index (χ0n) is 9.01. The van der Waals surface area contributed by atoms with Crippen molar-refractivity contribution in [2.45, 2.75) is 0 Å². The van der Waals surface area contributed by atoms with Crippen LogP contribution in [0.15, 0.2) is 30.5 Å². The molecule has 88 valence electrons. The normalized spacial score (nSPS) is 10.2. The number of carboxylic acid groups (broad SMARTS) is 1. The fourth-order valence-electron chi connectivity index (χ4n) is 1.37. The van der Waals surface area contributed by atoms with Gasteiger partial charge in [-0.3, -0.25) is 4.68 Å². The van der Waals surface area contributed by atoms with Gasteiger partial charge in [-0.1, -0.05) is 11.6 Å². The van der Waals surface area contributed by atoms with E-state index >= 15 is 0 Å². The number of hydrogen-bond acceptors (Lipinski definition) is 3. The number of aromatic carboxylic acids is 1. The summed E-state index contributed by atoms with van der Waals surface area (Å²) in [6.45, 7) is 0. The summed E-state index contributed by atoms with van der Waals surface area (Å²) in [7, 11) is 1.81. The summed E-state index contributed by atoms with van der Waals surface area (Å²) in [5.74, 6) is -0.353. The number of rotatable bonds is 3. The second-order valence-electron chi connectivity index (χ2n) is 3.50. The quantitative estimate of drug-likeness (QED) is 0.880. The molecule has 0 amide bonds. The summed E-state index contributed by atoms with van der Waals surface area (Å²) < 4.78 is 1.65. The molecule has 0 saturated carbocycles. The van der Waals surface area contributed by atoms with Gasteiger partial charge >= 0.3 is 5.97 Å². The lowest BCUT2D eigenvalue weighted by Crippen LogP contribution is -1.98. The van der Waals surface area contributed by atoms with Crippen LogP contribution in [0.4, 0.5) is 11.5 Å². The molecular formula is C11H10ClN3O2. The van der Waals surface area contributed by atoms with Gasteiger partial charge in [0.05, 0.1) is 16.3 Å². The number of benzene rings is 1. The first-order valence-corrected chi connectivity index (χ1v) is 5.23. The van der Waals surface area contributed by atoms with Crippen molar-refractivity contribution in [3.8, 4) is 0 Å². The second-order valence-corrected chi connectivity index (χ2v) is 3.91. The van der Waals surface area contributed by atoms with E-state index in [0.717, 1.165) is 0 Å². The lowest BCUT2D eigenvalue weighted by molar-refractivity contribution is 0.0697. The maximum Gasteiger partial charge on any atom is 0.335 e. The summed E-state index contributed by atoms with van der Waals surface area (Å²) in [6.07, 6.45) is 1.79. The molecule has 2 aromatic rings. The smallest absolute Gasteiger partial charge is 0.335 e. The van der Waals surface area contributed by atoms with E-state index in [-0.39, 0.29) is 5.56 Å². The minimum absolute atomic E-state index is 0.154. The number of nitrogens with one attached hydrogen (secondary N) is 1. The van der Waals surface area contributed by atoms with Gasteiger partial charge in [-0.2, -0.15) is 5.10 Å². The third kappa shape index (κ3) is 2.57. The molecule has 6 heteroatoms. The van der Waals surface area contributed by atoms with Crippen molar-refractivity contribution in [1.82, 2.24) is 9.78 Å². The number of hydrogen-bond donors (Lipinski definition) is 2. The Balaban J connectivity index is 2.25. The van der Waals surface area contributed by atoms with Crippen LogP contribution in [0.25, 0.3) is 0 Å². The van der Waals surface area contributed by atoms with Crippen molar-refractivity contribution in [1.29, 1.82) is 0 Å². The topological polar surface area (TPSA) is 67.2 Å². The second kappa shape index (κ2) is 4.47. The summed E-state index contributed by atoms with van der Waals surface area (Å²) in [4.78, 5) is 10.7. The maximum absolute atomic E-state index is 10.7. The Morgan fingerprint density at radius 3 is 2.76 bits per heavy atom. The number of aromatic nitrogens is 2. The number of nitrogens with zero attached hydrogens (tertiary/aromatic N) is 2. The Morgan fingerprint density at radius 2 is 2.24 bits per heavy atom. The monoisotopic (exact) mass is 251 g/mol. The van der Waals surface area contributed by atoms with Gasteiger partial charge in [0.1, 0.15) is 0 Å². The van der Waals surface area contributed by atoms with Crippen LogP contribution in [0.5, 0.6) is 0 Å². The minimum Gasteiger partial charge on any atom is -0.478 e. The van der Waals surface area contributed by atoms with Crippen LogP contribution in [0.3, 0.4) is 0 Å². The molecule has 0 unspecified atom stereocenters. The Hall–Kier alpha value is -2.01. The van der Waals surface area contributed by atoms with Crippen LogP contribution in [0.1, 0.15) is 10.4 Å². The fraction of sp³-hybridized carbons (Fsp3) is 0.0909. The van der Waals surface area contributed by atoms with E-state index in [4.69, 9.17) is 16.7 Å². The molecule has 2 N–H and O–H groups in total. The van der Waals surface area contributed by atoms with Gasteiger partial charge < -0.3 is 10.4 Å². The number of aryl methyl sites for hydroxylation is 1. The average Bonchev–Trinajstić information content (AvgIpc) is 2.67. The van der Waals surface area contributed by atoms with Gasteiger partial charge in [-0.25, -0.2) is 4.79 Å². The summed E-state index contributed by atoms with van der Waals surface area (Å²) >= 11 is 5.97. The van der Waals surface area contributed by atoms with Crippen LogP contribution in [-0.4, -0.2) is 20.9 Å². The Labute approximate surface area is 103 Å². The Kier molecular flexibility index (Phi) is 3.01. The predicted octanol–water partition coefficient (Wildman–Crippen LogP) is 2.52. The van der Waals surface area contributed by atoms with Gasteiger partial charge in [0, 0.05) is 19.3 Å². The maximum atomic E-state index is 10.7. The molecular weight excluding hydrogens is 242 g/mol. The van der Waals surface area contributed by atoms with E-state index in [1.165, 1.54) is 12.1 Å². The third-order valence-corrected chi connectivity index (χ3v) is 2.51. The van der Waals surface area contributed by atoms with Crippen LogP contribution in [0, 0.1) is 0 Å². The molecule has 1 aromatic carbocycles. The van der Waals surface area contributed by atoms with Crippen molar-refractivity contribution < 1.29 is 9.90 Å². The number of halogens is 1. The molecule has 0 bridgehead atoms. The molecule has 1 heterocycles. The average molecular weight is 252 g/mol. The predicted molar refractivity (Wildman–Crippen MR) is 64.9 cm³/mol. The zero-order chi connectivity index (χ0) is 12.4. The highest BCUT2D eigenvalue weighted by molar-refractivity contribution is 6.33. The van der Waals surface area contributed by atoms with Crippen molar-refractivity contribution in [2.75, 3.05) is 5.32 Å². The van der Waals surface area contributed by atoms with E-state index in [1.807, 2.05) is 0 Å². The highest BCUT2D eigenvalue weighted by atomic mass is 35.5. The number of carbonyl (C=O) groups is 1. The van der Waals surface area contributed by atoms with Crippen molar-refractivity contribution in [3.05, 3.63) is 41.0 Å². The first-order chi connectivity index (χ1) is 8.06. The van der Waals surface area contributed by atoms with Crippen molar-refractivity contribution in [2.24, 2.45) is 7.05 Å². The molecule has 1 aromatic heterocycles. The highest BCUT2D eigenvalue weighted by Crippen LogP contribution is 2.25. The molecule has 0 aliphatic heterocycles.